The summed E-state index contributed by atoms with van der Waals surface area (Å²) in [7, 11) is 0. The van der Waals surface area contributed by atoms with Gasteiger partial charge in [0.1, 0.15) is 6.04 Å². The van der Waals surface area contributed by atoms with Gasteiger partial charge >= 0.3 is 0 Å². The molecule has 2 amide bonds. The van der Waals surface area contributed by atoms with E-state index < -0.39 is 11.9 Å². The predicted octanol–water partition coefficient (Wildman–Crippen LogP) is 0.803. The topological polar surface area (TPSA) is 72.2 Å². The number of carbonyl (C=O) groups excluding carboxylic acids is 2. The molecule has 1 atom stereocenters. The Balaban J connectivity index is 3.85. The second-order valence-corrected chi connectivity index (χ2v) is 3.86. The zero-order valence-electron chi connectivity index (χ0n) is 9.17. The summed E-state index contributed by atoms with van der Waals surface area (Å²) in [4.78, 5) is 22.1. The Labute approximate surface area is 85.2 Å². The van der Waals surface area contributed by atoms with Crippen LogP contribution in [0.15, 0.2) is 0 Å². The molecule has 0 spiro atoms. The number of primary amides is 1. The van der Waals surface area contributed by atoms with Crippen molar-refractivity contribution in [3.05, 3.63) is 0 Å². The van der Waals surface area contributed by atoms with Crippen LogP contribution in [0, 0.1) is 5.92 Å². The molecule has 0 heterocycles. The standard InChI is InChI=1S/C10H20N2O2/c1-4-8(10(11)14)12-9(13)6-5-7(2)3/h7-8H,4-6H2,1-3H3,(H2,11,14)(H,12,13). The fraction of sp³-hybridized carbons (Fsp3) is 0.800. The minimum absolute atomic E-state index is 0.0932. The van der Waals surface area contributed by atoms with Gasteiger partial charge in [-0.05, 0) is 18.8 Å². The lowest BCUT2D eigenvalue weighted by Crippen LogP contribution is -2.43. The number of carbonyl (C=O) groups is 2. The van der Waals surface area contributed by atoms with E-state index in [2.05, 4.69) is 19.2 Å². The van der Waals surface area contributed by atoms with Gasteiger partial charge in [0, 0.05) is 6.42 Å². The first-order chi connectivity index (χ1) is 6.47. The zero-order valence-corrected chi connectivity index (χ0v) is 9.17. The monoisotopic (exact) mass is 200 g/mol. The van der Waals surface area contributed by atoms with Crippen molar-refractivity contribution in [2.24, 2.45) is 11.7 Å². The maximum Gasteiger partial charge on any atom is 0.239 e. The molecular weight excluding hydrogens is 180 g/mol. The van der Waals surface area contributed by atoms with Gasteiger partial charge in [-0.1, -0.05) is 20.8 Å². The average Bonchev–Trinajstić information content (AvgIpc) is 2.10. The first-order valence-electron chi connectivity index (χ1n) is 5.06. The van der Waals surface area contributed by atoms with Crippen LogP contribution in [0.3, 0.4) is 0 Å². The Morgan fingerprint density at radius 3 is 2.29 bits per heavy atom. The third-order valence-electron chi connectivity index (χ3n) is 2.04. The molecule has 0 fully saturated rings. The molecule has 0 aliphatic rings. The van der Waals surface area contributed by atoms with E-state index >= 15 is 0 Å². The van der Waals surface area contributed by atoms with E-state index in [1.54, 1.807) is 0 Å². The van der Waals surface area contributed by atoms with E-state index in [4.69, 9.17) is 5.73 Å². The van der Waals surface area contributed by atoms with Gasteiger partial charge in [0.2, 0.25) is 11.8 Å². The summed E-state index contributed by atoms with van der Waals surface area (Å²) >= 11 is 0. The van der Waals surface area contributed by atoms with Gasteiger partial charge in [-0.2, -0.15) is 0 Å². The molecule has 3 N–H and O–H groups in total. The first-order valence-corrected chi connectivity index (χ1v) is 5.06. The second-order valence-electron chi connectivity index (χ2n) is 3.86. The summed E-state index contributed by atoms with van der Waals surface area (Å²) in [6, 6.07) is -0.519. The third-order valence-corrected chi connectivity index (χ3v) is 2.04. The lowest BCUT2D eigenvalue weighted by Gasteiger charge is -2.13. The van der Waals surface area contributed by atoms with Gasteiger partial charge in [0.15, 0.2) is 0 Å². The predicted molar refractivity (Wildman–Crippen MR) is 55.5 cm³/mol. The largest absolute Gasteiger partial charge is 0.368 e. The molecule has 0 aromatic heterocycles. The number of amides is 2. The van der Waals surface area contributed by atoms with Crippen molar-refractivity contribution in [1.82, 2.24) is 5.32 Å². The summed E-state index contributed by atoms with van der Waals surface area (Å²) in [6.45, 7) is 5.93. The van der Waals surface area contributed by atoms with E-state index in [0.29, 0.717) is 18.8 Å². The van der Waals surface area contributed by atoms with E-state index in [-0.39, 0.29) is 5.91 Å². The van der Waals surface area contributed by atoms with E-state index in [1.165, 1.54) is 0 Å². The smallest absolute Gasteiger partial charge is 0.239 e. The van der Waals surface area contributed by atoms with E-state index in [1.807, 2.05) is 6.92 Å². The first kappa shape index (κ1) is 12.9. The van der Waals surface area contributed by atoms with Crippen LogP contribution >= 0.6 is 0 Å². The summed E-state index contributed by atoms with van der Waals surface area (Å²) in [5, 5.41) is 2.61. The Hall–Kier alpha value is -1.06. The Bertz CT molecular complexity index is 202. The maximum atomic E-state index is 11.3. The molecule has 82 valence electrons. The van der Waals surface area contributed by atoms with Crippen LogP contribution in [0.5, 0.6) is 0 Å². The second kappa shape index (κ2) is 6.40. The molecule has 0 radical (unpaired) electrons. The molecule has 0 saturated carbocycles. The Morgan fingerprint density at radius 2 is 1.93 bits per heavy atom. The molecule has 14 heavy (non-hydrogen) atoms. The normalized spacial score (nSPS) is 12.6. The van der Waals surface area contributed by atoms with Gasteiger partial charge in [0.05, 0.1) is 0 Å². The SMILES string of the molecule is CCC(NC(=O)CCC(C)C)C(N)=O. The number of nitrogens with two attached hydrogens (primary N) is 1. The van der Waals surface area contributed by atoms with E-state index in [9.17, 15) is 9.59 Å². The minimum Gasteiger partial charge on any atom is -0.368 e. The van der Waals surface area contributed by atoms with Crippen molar-refractivity contribution in [3.8, 4) is 0 Å². The number of rotatable bonds is 6. The summed E-state index contributed by atoms with van der Waals surface area (Å²) < 4.78 is 0. The van der Waals surface area contributed by atoms with Gasteiger partial charge in [-0.25, -0.2) is 0 Å². The average molecular weight is 200 g/mol. The van der Waals surface area contributed by atoms with Crippen LogP contribution in [0.4, 0.5) is 0 Å². The minimum atomic E-state index is -0.519. The highest BCUT2D eigenvalue weighted by molar-refractivity contribution is 5.86. The molecule has 4 heteroatoms. The molecule has 0 aromatic carbocycles. The quantitative estimate of drug-likeness (QED) is 0.665. The van der Waals surface area contributed by atoms with Crippen LogP contribution in [0.2, 0.25) is 0 Å². The Kier molecular flexibility index (Phi) is 5.92. The van der Waals surface area contributed by atoms with Crippen molar-refractivity contribution in [3.63, 3.8) is 0 Å². The molecule has 0 aliphatic heterocycles. The molecule has 4 nitrogen and oxygen atoms in total. The lowest BCUT2D eigenvalue weighted by atomic mass is 10.1. The summed E-state index contributed by atoms with van der Waals surface area (Å²) in [6.07, 6.45) is 1.84. The van der Waals surface area contributed by atoms with E-state index in [0.717, 1.165) is 6.42 Å². The third kappa shape index (κ3) is 5.56. The molecule has 0 aliphatic carbocycles. The fourth-order valence-corrected chi connectivity index (χ4v) is 1.06. The molecule has 0 saturated heterocycles. The van der Waals surface area contributed by atoms with Crippen molar-refractivity contribution in [2.45, 2.75) is 46.1 Å². The van der Waals surface area contributed by atoms with Gasteiger partial charge in [0.25, 0.3) is 0 Å². The van der Waals surface area contributed by atoms with Gasteiger partial charge in [-0.3, -0.25) is 9.59 Å². The number of nitrogens with one attached hydrogen (secondary N) is 1. The van der Waals surface area contributed by atoms with Crippen LogP contribution in [-0.4, -0.2) is 17.9 Å². The summed E-state index contributed by atoms with van der Waals surface area (Å²) in [5.74, 6) is -0.0656. The molecular formula is C10H20N2O2. The molecule has 0 aromatic rings. The van der Waals surface area contributed by atoms with Gasteiger partial charge < -0.3 is 11.1 Å². The molecule has 1 unspecified atom stereocenters. The van der Waals surface area contributed by atoms with Crippen LogP contribution in [0.1, 0.15) is 40.0 Å². The van der Waals surface area contributed by atoms with Crippen LogP contribution in [-0.2, 0) is 9.59 Å². The van der Waals surface area contributed by atoms with Gasteiger partial charge in [-0.15, -0.1) is 0 Å². The Morgan fingerprint density at radius 1 is 1.36 bits per heavy atom. The fourth-order valence-electron chi connectivity index (χ4n) is 1.06. The molecule has 0 bridgehead atoms. The highest BCUT2D eigenvalue weighted by atomic mass is 16.2. The summed E-state index contributed by atoms with van der Waals surface area (Å²) in [5.41, 5.74) is 5.10. The number of hydrogen-bond donors (Lipinski definition) is 2. The van der Waals surface area contributed by atoms with Crippen molar-refractivity contribution >= 4 is 11.8 Å². The van der Waals surface area contributed by atoms with Crippen LogP contribution < -0.4 is 11.1 Å². The zero-order chi connectivity index (χ0) is 11.1. The number of hydrogen-bond acceptors (Lipinski definition) is 2. The van der Waals surface area contributed by atoms with Crippen molar-refractivity contribution in [2.75, 3.05) is 0 Å². The molecule has 0 rings (SSSR count). The lowest BCUT2D eigenvalue weighted by molar-refractivity contribution is -0.127. The highest BCUT2D eigenvalue weighted by Gasteiger charge is 2.15. The van der Waals surface area contributed by atoms with Crippen molar-refractivity contribution in [1.29, 1.82) is 0 Å². The van der Waals surface area contributed by atoms with Crippen molar-refractivity contribution < 1.29 is 9.59 Å². The van der Waals surface area contributed by atoms with Crippen LogP contribution in [0.25, 0.3) is 0 Å². The highest BCUT2D eigenvalue weighted by Crippen LogP contribution is 2.03. The maximum absolute atomic E-state index is 11.3.